The molecule has 2 aromatic carbocycles. The smallest absolute Gasteiger partial charge is 0.416 e. The number of rotatable bonds is 7. The Balaban J connectivity index is 2.33. The number of carbonyl (C=O) groups excluding carboxylic acids is 1. The minimum absolute atomic E-state index is 0.0787. The first-order valence-electron chi connectivity index (χ1n) is 8.05. The Morgan fingerprint density at radius 3 is 2.18 bits per heavy atom. The van der Waals surface area contributed by atoms with Crippen molar-refractivity contribution in [3.05, 3.63) is 59.2 Å². The number of amides is 1. The molecule has 2 aromatic rings. The number of nitrogens with zero attached hydrogens (tertiary/aromatic N) is 1. The molecule has 0 bridgehead atoms. The van der Waals surface area contributed by atoms with Gasteiger partial charge >= 0.3 is 12.1 Å². The lowest BCUT2D eigenvalue weighted by Crippen LogP contribution is -2.35. The normalized spacial score (nSPS) is 11.0. The summed E-state index contributed by atoms with van der Waals surface area (Å²) >= 11 is 0. The summed E-state index contributed by atoms with van der Waals surface area (Å²) in [6.45, 7) is -0.830. The average molecular weight is 397 g/mol. The fraction of sp³-hybridized carbons (Fsp3) is 0.263. The summed E-state index contributed by atoms with van der Waals surface area (Å²) in [5.41, 5.74) is -0.402. The van der Waals surface area contributed by atoms with Crippen LogP contribution in [0.5, 0.6) is 11.5 Å². The molecule has 0 aromatic heterocycles. The highest BCUT2D eigenvalue weighted by Gasteiger charge is 2.30. The van der Waals surface area contributed by atoms with Gasteiger partial charge in [0.15, 0.2) is 0 Å². The van der Waals surface area contributed by atoms with Crippen LogP contribution < -0.4 is 9.47 Å². The third-order valence-electron chi connectivity index (χ3n) is 3.91. The third-order valence-corrected chi connectivity index (χ3v) is 3.91. The molecule has 0 spiro atoms. The molecule has 9 heteroatoms. The second kappa shape index (κ2) is 8.64. The van der Waals surface area contributed by atoms with Crippen molar-refractivity contribution < 1.29 is 37.3 Å². The molecule has 150 valence electrons. The topological polar surface area (TPSA) is 76.1 Å². The highest BCUT2D eigenvalue weighted by molar-refractivity contribution is 5.98. The number of hydrogen-bond acceptors (Lipinski definition) is 4. The summed E-state index contributed by atoms with van der Waals surface area (Å²) in [4.78, 5) is 25.1. The Kier molecular flexibility index (Phi) is 6.50. The lowest BCUT2D eigenvalue weighted by atomic mass is 10.1. The minimum atomic E-state index is -4.48. The number of methoxy groups -OCH3 is 2. The molecular formula is C19H18F3NO5. The van der Waals surface area contributed by atoms with E-state index >= 15 is 0 Å². The molecular weight excluding hydrogens is 379 g/mol. The second-order valence-corrected chi connectivity index (χ2v) is 5.82. The molecule has 0 saturated carbocycles. The number of benzene rings is 2. The molecule has 1 N–H and O–H groups in total. The molecule has 0 aliphatic heterocycles. The van der Waals surface area contributed by atoms with Gasteiger partial charge in [-0.2, -0.15) is 13.2 Å². The molecule has 1 amide bonds. The molecule has 2 rings (SSSR count). The number of alkyl halides is 3. The largest absolute Gasteiger partial charge is 0.497 e. The van der Waals surface area contributed by atoms with E-state index in [1.165, 1.54) is 38.5 Å². The first kappa shape index (κ1) is 21.1. The van der Waals surface area contributed by atoms with E-state index in [4.69, 9.17) is 14.6 Å². The van der Waals surface area contributed by atoms with E-state index < -0.39 is 30.2 Å². The van der Waals surface area contributed by atoms with Crippen molar-refractivity contribution in [2.75, 3.05) is 20.8 Å². The highest BCUT2D eigenvalue weighted by atomic mass is 19.4. The van der Waals surface area contributed by atoms with E-state index in [2.05, 4.69) is 0 Å². The predicted molar refractivity (Wildman–Crippen MR) is 93.4 cm³/mol. The lowest BCUT2D eigenvalue weighted by molar-refractivity contribution is -0.138. The number of carboxylic acids is 1. The summed E-state index contributed by atoms with van der Waals surface area (Å²) < 4.78 is 48.3. The maximum absolute atomic E-state index is 12.9. The molecule has 0 radical (unpaired) electrons. The summed E-state index contributed by atoms with van der Waals surface area (Å²) in [7, 11) is 2.77. The van der Waals surface area contributed by atoms with Crippen molar-refractivity contribution in [1.29, 1.82) is 0 Å². The van der Waals surface area contributed by atoms with Gasteiger partial charge < -0.3 is 19.5 Å². The van der Waals surface area contributed by atoms with Gasteiger partial charge in [-0.25, -0.2) is 0 Å². The monoisotopic (exact) mass is 397 g/mol. The number of aliphatic carboxylic acids is 1. The Morgan fingerprint density at radius 2 is 1.68 bits per heavy atom. The summed E-state index contributed by atoms with van der Waals surface area (Å²) in [5.74, 6) is -1.33. The Hall–Kier alpha value is -3.23. The van der Waals surface area contributed by atoms with Crippen LogP contribution in [0.2, 0.25) is 0 Å². The predicted octanol–water partition coefficient (Wildman–Crippen LogP) is 3.45. The Bertz CT molecular complexity index is 850. The van der Waals surface area contributed by atoms with Crippen LogP contribution in [0.1, 0.15) is 21.5 Å². The number of carbonyl (C=O) groups is 2. The first-order valence-corrected chi connectivity index (χ1v) is 8.05. The minimum Gasteiger partial charge on any atom is -0.497 e. The van der Waals surface area contributed by atoms with E-state index in [-0.39, 0.29) is 17.9 Å². The van der Waals surface area contributed by atoms with Crippen LogP contribution >= 0.6 is 0 Å². The van der Waals surface area contributed by atoms with Crippen molar-refractivity contribution in [3.8, 4) is 11.5 Å². The maximum atomic E-state index is 12.9. The standard InChI is InChI=1S/C19H18F3NO5/c1-27-14-7-8-16(28-2)15(9-14)18(26)23(11-17(24)25)10-12-3-5-13(6-4-12)19(20,21)22/h3-9H,10-11H2,1-2H3,(H,24,25). The van der Waals surface area contributed by atoms with E-state index in [9.17, 15) is 22.8 Å². The van der Waals surface area contributed by atoms with Crippen molar-refractivity contribution in [3.63, 3.8) is 0 Å². The van der Waals surface area contributed by atoms with Crippen LogP contribution in [0.15, 0.2) is 42.5 Å². The maximum Gasteiger partial charge on any atom is 0.416 e. The zero-order chi connectivity index (χ0) is 20.9. The fourth-order valence-electron chi connectivity index (χ4n) is 2.53. The van der Waals surface area contributed by atoms with Crippen LogP contribution in [0.25, 0.3) is 0 Å². The zero-order valence-corrected chi connectivity index (χ0v) is 15.1. The average Bonchev–Trinajstić information content (AvgIpc) is 2.65. The lowest BCUT2D eigenvalue weighted by Gasteiger charge is -2.22. The van der Waals surface area contributed by atoms with E-state index in [0.717, 1.165) is 17.0 Å². The van der Waals surface area contributed by atoms with Gasteiger partial charge in [0.2, 0.25) is 0 Å². The van der Waals surface area contributed by atoms with Crippen molar-refractivity contribution in [1.82, 2.24) is 4.90 Å². The molecule has 0 aliphatic rings. The van der Waals surface area contributed by atoms with Crippen molar-refractivity contribution >= 4 is 11.9 Å². The summed E-state index contributed by atoms with van der Waals surface area (Å²) in [6.07, 6.45) is -4.48. The van der Waals surface area contributed by atoms with Crippen molar-refractivity contribution in [2.24, 2.45) is 0 Å². The molecule has 0 fully saturated rings. The molecule has 0 atom stereocenters. The highest BCUT2D eigenvalue weighted by Crippen LogP contribution is 2.30. The Labute approximate surface area is 159 Å². The van der Waals surface area contributed by atoms with Gasteiger partial charge in [0, 0.05) is 6.54 Å². The third kappa shape index (κ3) is 5.15. The van der Waals surface area contributed by atoms with E-state index in [1.807, 2.05) is 0 Å². The van der Waals surface area contributed by atoms with Gasteiger partial charge in [0.25, 0.3) is 5.91 Å². The molecule has 0 heterocycles. The number of carboxylic acid groups (broad SMARTS) is 1. The van der Waals surface area contributed by atoms with Gasteiger partial charge in [0.1, 0.15) is 18.0 Å². The number of halogens is 3. The van der Waals surface area contributed by atoms with Gasteiger partial charge in [-0.1, -0.05) is 12.1 Å². The van der Waals surface area contributed by atoms with Gasteiger partial charge in [-0.15, -0.1) is 0 Å². The summed E-state index contributed by atoms with van der Waals surface area (Å²) in [5, 5.41) is 9.14. The molecule has 6 nitrogen and oxygen atoms in total. The van der Waals surface area contributed by atoms with E-state index in [0.29, 0.717) is 11.3 Å². The molecule has 0 aliphatic carbocycles. The van der Waals surface area contributed by atoms with Crippen LogP contribution in [-0.2, 0) is 17.5 Å². The van der Waals surface area contributed by atoms with Crippen LogP contribution in [0, 0.1) is 0 Å². The van der Waals surface area contributed by atoms with E-state index in [1.54, 1.807) is 6.07 Å². The van der Waals surface area contributed by atoms with Gasteiger partial charge in [-0.05, 0) is 35.9 Å². The fourth-order valence-corrected chi connectivity index (χ4v) is 2.53. The molecule has 0 saturated heterocycles. The first-order chi connectivity index (χ1) is 13.2. The molecule has 28 heavy (non-hydrogen) atoms. The van der Waals surface area contributed by atoms with Crippen LogP contribution in [-0.4, -0.2) is 42.6 Å². The Morgan fingerprint density at radius 1 is 1.04 bits per heavy atom. The second-order valence-electron chi connectivity index (χ2n) is 5.82. The summed E-state index contributed by atoms with van der Waals surface area (Å²) in [6, 6.07) is 8.65. The number of hydrogen-bond donors (Lipinski definition) is 1. The van der Waals surface area contributed by atoms with Crippen LogP contribution in [0.3, 0.4) is 0 Å². The van der Waals surface area contributed by atoms with Crippen LogP contribution in [0.4, 0.5) is 13.2 Å². The van der Waals surface area contributed by atoms with Crippen molar-refractivity contribution in [2.45, 2.75) is 12.7 Å². The quantitative estimate of drug-likeness (QED) is 0.775. The number of ether oxygens (including phenoxy) is 2. The zero-order valence-electron chi connectivity index (χ0n) is 15.1. The van der Waals surface area contributed by atoms with Gasteiger partial charge in [-0.3, -0.25) is 9.59 Å². The van der Waals surface area contributed by atoms with Gasteiger partial charge in [0.05, 0.1) is 25.3 Å². The SMILES string of the molecule is COc1ccc(OC)c(C(=O)N(CC(=O)O)Cc2ccc(C(F)(F)F)cc2)c1. The molecule has 0 unspecified atom stereocenters.